The topological polar surface area (TPSA) is 38.3 Å². The van der Waals surface area contributed by atoms with Crippen LogP contribution in [0.2, 0.25) is 5.02 Å². The molecule has 0 unspecified atom stereocenters. The summed E-state index contributed by atoms with van der Waals surface area (Å²) in [5.74, 6) is 1.37. The second-order valence-electron chi connectivity index (χ2n) is 5.78. The van der Waals surface area contributed by atoms with Crippen molar-refractivity contribution in [1.29, 1.82) is 0 Å². The van der Waals surface area contributed by atoms with E-state index in [1.54, 1.807) is 12.1 Å². The van der Waals surface area contributed by atoms with Gasteiger partial charge in [-0.3, -0.25) is 4.79 Å². The largest absolute Gasteiger partial charge is 0.484 e. The SMILES string of the molecule is Cc1cc(OCC(=O)NC(C(C)C)C(C)C)ccc1Cl. The number of halogens is 1. The number of rotatable bonds is 6. The van der Waals surface area contributed by atoms with Crippen LogP contribution in [-0.2, 0) is 4.79 Å². The first kappa shape index (κ1) is 16.8. The van der Waals surface area contributed by atoms with Gasteiger partial charge in [-0.1, -0.05) is 39.3 Å². The third-order valence-electron chi connectivity index (χ3n) is 3.26. The van der Waals surface area contributed by atoms with Crippen LogP contribution >= 0.6 is 11.6 Å². The third kappa shape index (κ3) is 5.04. The van der Waals surface area contributed by atoms with Gasteiger partial charge >= 0.3 is 0 Å². The highest BCUT2D eigenvalue weighted by Crippen LogP contribution is 2.21. The zero-order valence-electron chi connectivity index (χ0n) is 12.9. The van der Waals surface area contributed by atoms with E-state index in [0.29, 0.717) is 22.6 Å². The summed E-state index contributed by atoms with van der Waals surface area (Å²) in [5.41, 5.74) is 0.937. The Labute approximate surface area is 126 Å². The predicted octanol–water partition coefficient (Wildman–Crippen LogP) is 3.82. The number of aryl methyl sites for hydroxylation is 1. The molecule has 0 heterocycles. The van der Waals surface area contributed by atoms with Gasteiger partial charge in [0.15, 0.2) is 6.61 Å². The summed E-state index contributed by atoms with van der Waals surface area (Å²) in [5, 5.41) is 3.72. The van der Waals surface area contributed by atoms with Gasteiger partial charge in [-0.15, -0.1) is 0 Å². The van der Waals surface area contributed by atoms with E-state index in [9.17, 15) is 4.79 Å². The zero-order chi connectivity index (χ0) is 15.3. The van der Waals surface area contributed by atoms with Crippen LogP contribution in [0.4, 0.5) is 0 Å². The molecule has 0 aromatic heterocycles. The fourth-order valence-corrected chi connectivity index (χ4v) is 2.30. The van der Waals surface area contributed by atoms with Crippen LogP contribution in [0.25, 0.3) is 0 Å². The lowest BCUT2D eigenvalue weighted by Gasteiger charge is -2.26. The van der Waals surface area contributed by atoms with Crippen LogP contribution in [0.15, 0.2) is 18.2 Å². The van der Waals surface area contributed by atoms with Crippen molar-refractivity contribution in [2.45, 2.75) is 40.7 Å². The lowest BCUT2D eigenvalue weighted by Crippen LogP contribution is -2.44. The molecule has 1 N–H and O–H groups in total. The van der Waals surface area contributed by atoms with Crippen molar-refractivity contribution in [3.05, 3.63) is 28.8 Å². The molecule has 0 saturated heterocycles. The summed E-state index contributed by atoms with van der Waals surface area (Å²) >= 11 is 5.95. The molecule has 0 fully saturated rings. The molecule has 0 bridgehead atoms. The molecule has 1 aromatic carbocycles. The minimum absolute atomic E-state index is 0.0248. The van der Waals surface area contributed by atoms with Crippen LogP contribution in [0.1, 0.15) is 33.3 Å². The van der Waals surface area contributed by atoms with Crippen LogP contribution in [0.5, 0.6) is 5.75 Å². The quantitative estimate of drug-likeness (QED) is 0.867. The molecule has 0 aliphatic carbocycles. The number of nitrogens with one attached hydrogen (secondary N) is 1. The van der Waals surface area contributed by atoms with Gasteiger partial charge in [0, 0.05) is 11.1 Å². The minimum Gasteiger partial charge on any atom is -0.484 e. The van der Waals surface area contributed by atoms with E-state index in [2.05, 4.69) is 33.0 Å². The highest BCUT2D eigenvalue weighted by atomic mass is 35.5. The molecule has 0 aliphatic rings. The molecule has 0 spiro atoms. The summed E-state index contributed by atoms with van der Waals surface area (Å²) < 4.78 is 5.49. The average molecular weight is 298 g/mol. The second-order valence-corrected chi connectivity index (χ2v) is 6.19. The van der Waals surface area contributed by atoms with E-state index < -0.39 is 0 Å². The zero-order valence-corrected chi connectivity index (χ0v) is 13.6. The van der Waals surface area contributed by atoms with Crippen LogP contribution in [0.3, 0.4) is 0 Å². The number of hydrogen-bond donors (Lipinski definition) is 1. The summed E-state index contributed by atoms with van der Waals surface area (Å²) in [4.78, 5) is 11.9. The molecule has 0 atom stereocenters. The van der Waals surface area contributed by atoms with Gasteiger partial charge in [0.1, 0.15) is 5.75 Å². The van der Waals surface area contributed by atoms with E-state index in [-0.39, 0.29) is 18.6 Å². The highest BCUT2D eigenvalue weighted by molar-refractivity contribution is 6.31. The number of carbonyl (C=O) groups is 1. The fraction of sp³-hybridized carbons (Fsp3) is 0.562. The van der Waals surface area contributed by atoms with Gasteiger partial charge in [-0.2, -0.15) is 0 Å². The van der Waals surface area contributed by atoms with Crippen LogP contribution < -0.4 is 10.1 Å². The van der Waals surface area contributed by atoms with E-state index in [4.69, 9.17) is 16.3 Å². The number of carbonyl (C=O) groups excluding carboxylic acids is 1. The lowest BCUT2D eigenvalue weighted by molar-refractivity contribution is -0.124. The first-order valence-corrected chi connectivity index (χ1v) is 7.37. The minimum atomic E-state index is -0.0926. The maximum Gasteiger partial charge on any atom is 0.258 e. The second kappa shape index (κ2) is 7.53. The molecule has 0 aliphatic heterocycles. The van der Waals surface area contributed by atoms with Gasteiger partial charge in [0.05, 0.1) is 0 Å². The number of benzene rings is 1. The van der Waals surface area contributed by atoms with Crippen molar-refractivity contribution in [3.8, 4) is 5.75 Å². The van der Waals surface area contributed by atoms with Crippen LogP contribution in [-0.4, -0.2) is 18.6 Å². The Hall–Kier alpha value is -1.22. The Bertz CT molecular complexity index is 450. The van der Waals surface area contributed by atoms with Crippen molar-refractivity contribution in [3.63, 3.8) is 0 Å². The van der Waals surface area contributed by atoms with Gasteiger partial charge in [0.2, 0.25) is 0 Å². The molecule has 1 aromatic rings. The van der Waals surface area contributed by atoms with Crippen molar-refractivity contribution in [2.75, 3.05) is 6.61 Å². The summed E-state index contributed by atoms with van der Waals surface area (Å²) in [7, 11) is 0. The molecular weight excluding hydrogens is 274 g/mol. The maximum absolute atomic E-state index is 11.9. The predicted molar refractivity (Wildman–Crippen MR) is 83.3 cm³/mol. The first-order valence-electron chi connectivity index (χ1n) is 6.99. The van der Waals surface area contributed by atoms with Crippen molar-refractivity contribution >= 4 is 17.5 Å². The number of ether oxygens (including phenoxy) is 1. The number of hydrogen-bond acceptors (Lipinski definition) is 2. The Morgan fingerprint density at radius 2 is 1.85 bits per heavy atom. The Morgan fingerprint density at radius 1 is 1.25 bits per heavy atom. The molecule has 112 valence electrons. The first-order chi connectivity index (χ1) is 9.31. The summed E-state index contributed by atoms with van der Waals surface area (Å²) in [6.45, 7) is 10.4. The van der Waals surface area contributed by atoms with Crippen molar-refractivity contribution in [1.82, 2.24) is 5.32 Å². The van der Waals surface area contributed by atoms with E-state index >= 15 is 0 Å². The lowest BCUT2D eigenvalue weighted by atomic mass is 9.93. The van der Waals surface area contributed by atoms with Gasteiger partial charge in [0.25, 0.3) is 5.91 Å². The van der Waals surface area contributed by atoms with Gasteiger partial charge < -0.3 is 10.1 Å². The van der Waals surface area contributed by atoms with Crippen molar-refractivity contribution < 1.29 is 9.53 Å². The third-order valence-corrected chi connectivity index (χ3v) is 3.69. The fourth-order valence-electron chi connectivity index (χ4n) is 2.19. The molecule has 1 rings (SSSR count). The highest BCUT2D eigenvalue weighted by Gasteiger charge is 2.19. The molecule has 4 heteroatoms. The Kier molecular flexibility index (Phi) is 6.34. The molecule has 0 radical (unpaired) electrons. The van der Waals surface area contributed by atoms with Crippen LogP contribution in [0, 0.1) is 18.8 Å². The molecule has 1 amide bonds. The molecule has 3 nitrogen and oxygen atoms in total. The van der Waals surface area contributed by atoms with E-state index in [1.165, 1.54) is 0 Å². The summed E-state index contributed by atoms with van der Waals surface area (Å²) in [6, 6.07) is 5.54. The average Bonchev–Trinajstić information content (AvgIpc) is 2.36. The van der Waals surface area contributed by atoms with Gasteiger partial charge in [-0.25, -0.2) is 0 Å². The monoisotopic (exact) mass is 297 g/mol. The molecule has 20 heavy (non-hydrogen) atoms. The smallest absolute Gasteiger partial charge is 0.258 e. The van der Waals surface area contributed by atoms with E-state index in [0.717, 1.165) is 5.56 Å². The van der Waals surface area contributed by atoms with Gasteiger partial charge in [-0.05, 0) is 42.5 Å². The normalized spacial score (nSPS) is 11.2. The molecule has 0 saturated carbocycles. The standard InChI is InChI=1S/C16H24ClNO2/c1-10(2)16(11(3)4)18-15(19)9-20-13-6-7-14(17)12(5)8-13/h6-8,10-11,16H,9H2,1-5H3,(H,18,19). The molecular formula is C16H24ClNO2. The van der Waals surface area contributed by atoms with Crippen molar-refractivity contribution in [2.24, 2.45) is 11.8 Å². The Morgan fingerprint density at radius 3 is 2.35 bits per heavy atom. The Balaban J connectivity index is 2.52. The summed E-state index contributed by atoms with van der Waals surface area (Å²) in [6.07, 6.45) is 0. The maximum atomic E-state index is 11.9. The number of amides is 1. The van der Waals surface area contributed by atoms with E-state index in [1.807, 2.05) is 13.0 Å².